The van der Waals surface area contributed by atoms with Crippen LogP contribution in [0.15, 0.2) is 65.6 Å². The van der Waals surface area contributed by atoms with Crippen LogP contribution in [-0.2, 0) is 6.54 Å². The van der Waals surface area contributed by atoms with Crippen LogP contribution in [0.1, 0.15) is 18.4 Å². The molecule has 1 aliphatic rings. The third-order valence-electron chi connectivity index (χ3n) is 7.14. The summed E-state index contributed by atoms with van der Waals surface area (Å²) in [4.78, 5) is 22.9. The van der Waals surface area contributed by atoms with E-state index in [1.165, 1.54) is 0 Å². The average molecular weight is 558 g/mol. The number of hydrogen-bond acceptors (Lipinski definition) is 7. The summed E-state index contributed by atoms with van der Waals surface area (Å²) in [5, 5.41) is 17.6. The normalized spacial score (nSPS) is 13.9. The summed E-state index contributed by atoms with van der Waals surface area (Å²) in [6, 6.07) is 17.9. The highest BCUT2D eigenvalue weighted by molar-refractivity contribution is 5.82. The van der Waals surface area contributed by atoms with E-state index in [9.17, 15) is 4.79 Å². The van der Waals surface area contributed by atoms with Gasteiger partial charge in [-0.05, 0) is 55.3 Å². The van der Waals surface area contributed by atoms with Crippen molar-refractivity contribution in [3.05, 3.63) is 76.8 Å². The van der Waals surface area contributed by atoms with E-state index in [1.807, 2.05) is 60.8 Å². The Bertz CT molecular complexity index is 1490. The van der Waals surface area contributed by atoms with E-state index in [0.717, 1.165) is 85.8 Å². The quantitative estimate of drug-likeness (QED) is 0.0831. The molecule has 216 valence electrons. The van der Waals surface area contributed by atoms with Crippen LogP contribution in [0.2, 0.25) is 0 Å². The van der Waals surface area contributed by atoms with E-state index in [2.05, 4.69) is 30.8 Å². The van der Waals surface area contributed by atoms with Gasteiger partial charge in [-0.3, -0.25) is 9.98 Å². The summed E-state index contributed by atoms with van der Waals surface area (Å²) >= 11 is 0. The second-order valence-electron chi connectivity index (χ2n) is 10.2. The number of rotatable bonds is 13. The number of guanidine groups is 1. The average Bonchev–Trinajstić information content (AvgIpc) is 3.40. The summed E-state index contributed by atoms with van der Waals surface area (Å²) in [6.07, 6.45) is 3.69. The Morgan fingerprint density at radius 2 is 1.90 bits per heavy atom. The first-order valence-corrected chi connectivity index (χ1v) is 14.2. The second kappa shape index (κ2) is 13.9. The largest absolute Gasteiger partial charge is 0.494 e. The van der Waals surface area contributed by atoms with Gasteiger partial charge >= 0.3 is 5.69 Å². The number of aromatic amines is 1. The molecule has 41 heavy (non-hydrogen) atoms. The molecule has 4 aromatic rings. The van der Waals surface area contributed by atoms with E-state index in [-0.39, 0.29) is 11.6 Å². The number of H-pyrrole nitrogens is 1. The van der Waals surface area contributed by atoms with Crippen molar-refractivity contribution in [1.82, 2.24) is 35.4 Å². The van der Waals surface area contributed by atoms with Gasteiger partial charge in [-0.25, -0.2) is 4.79 Å². The number of benzene rings is 2. The Kier molecular flexibility index (Phi) is 9.63. The van der Waals surface area contributed by atoms with Crippen molar-refractivity contribution in [2.45, 2.75) is 19.4 Å². The number of nitrogens with zero attached hydrogens (tertiary/aromatic N) is 3. The van der Waals surface area contributed by atoms with Crippen molar-refractivity contribution >= 4 is 17.0 Å². The molecule has 0 radical (unpaired) electrons. The van der Waals surface area contributed by atoms with Gasteiger partial charge in [0.1, 0.15) is 11.4 Å². The summed E-state index contributed by atoms with van der Waals surface area (Å²) in [5.74, 6) is 0.821. The first kappa shape index (κ1) is 28.3. The molecule has 5 rings (SSSR count). The van der Waals surface area contributed by atoms with Crippen LogP contribution in [0, 0.1) is 5.41 Å². The molecule has 0 unspecified atom stereocenters. The summed E-state index contributed by atoms with van der Waals surface area (Å²) in [7, 11) is 0. The van der Waals surface area contributed by atoms with Crippen molar-refractivity contribution in [2.24, 2.45) is 5.73 Å². The fourth-order valence-corrected chi connectivity index (χ4v) is 4.94. The first-order valence-electron chi connectivity index (χ1n) is 14.2. The van der Waals surface area contributed by atoms with Crippen molar-refractivity contribution in [2.75, 3.05) is 52.4 Å². The van der Waals surface area contributed by atoms with Gasteiger partial charge in [-0.15, -0.1) is 0 Å². The number of hydrogen-bond donors (Lipinski definition) is 6. The van der Waals surface area contributed by atoms with Gasteiger partial charge in [-0.2, -0.15) is 4.98 Å². The maximum atomic E-state index is 12.9. The van der Waals surface area contributed by atoms with Crippen LogP contribution >= 0.6 is 0 Å². The minimum atomic E-state index is -0.337. The van der Waals surface area contributed by atoms with Gasteiger partial charge < -0.3 is 36.3 Å². The number of piperazine rings is 1. The standard InChI is InChI=1S/C30H39N9O2/c31-29(32)35-11-2-10-34-20-22-6-8-25(9-7-22)39-21-24-19-27(36-28(24)37-30(39)40)23-4-1-5-26(18-23)41-17-3-14-38-15-12-33-13-16-38/h1,4-9,18-19,21,33-34H,2-3,10-17,20H2,(H4,31,32,35)(H,36,37,40). The Hall–Kier alpha value is -4.19. The van der Waals surface area contributed by atoms with Gasteiger partial charge in [0.05, 0.1) is 12.3 Å². The zero-order valence-electron chi connectivity index (χ0n) is 23.3. The van der Waals surface area contributed by atoms with Crippen molar-refractivity contribution in [3.63, 3.8) is 0 Å². The Balaban J connectivity index is 1.19. The van der Waals surface area contributed by atoms with E-state index >= 15 is 0 Å². The molecule has 3 heterocycles. The maximum Gasteiger partial charge on any atom is 0.354 e. The topological polar surface area (TPSA) is 149 Å². The van der Waals surface area contributed by atoms with Gasteiger partial charge in [0, 0.05) is 68.7 Å². The molecule has 0 spiro atoms. The highest BCUT2D eigenvalue weighted by Gasteiger charge is 2.11. The van der Waals surface area contributed by atoms with Gasteiger partial charge in [0.2, 0.25) is 0 Å². The molecular weight excluding hydrogens is 518 g/mol. The number of fused-ring (bicyclic) bond motifs is 1. The minimum Gasteiger partial charge on any atom is -0.494 e. The molecule has 2 aromatic carbocycles. The number of nitrogens with one attached hydrogen (secondary N) is 5. The molecule has 1 aliphatic heterocycles. The molecule has 0 aliphatic carbocycles. The van der Waals surface area contributed by atoms with E-state index < -0.39 is 0 Å². The van der Waals surface area contributed by atoms with Gasteiger partial charge in [0.25, 0.3) is 0 Å². The smallest absolute Gasteiger partial charge is 0.354 e. The molecule has 2 aromatic heterocycles. The molecular formula is C30H39N9O2. The highest BCUT2D eigenvalue weighted by atomic mass is 16.5. The van der Waals surface area contributed by atoms with Crippen LogP contribution in [0.25, 0.3) is 28.0 Å². The van der Waals surface area contributed by atoms with E-state index in [0.29, 0.717) is 25.3 Å². The Morgan fingerprint density at radius 3 is 2.71 bits per heavy atom. The van der Waals surface area contributed by atoms with Crippen molar-refractivity contribution in [3.8, 4) is 22.7 Å². The lowest BCUT2D eigenvalue weighted by atomic mass is 10.1. The van der Waals surface area contributed by atoms with Crippen LogP contribution < -0.4 is 32.1 Å². The fourth-order valence-electron chi connectivity index (χ4n) is 4.94. The summed E-state index contributed by atoms with van der Waals surface area (Å²) in [6.45, 7) is 8.23. The predicted octanol–water partition coefficient (Wildman–Crippen LogP) is 2.02. The molecule has 7 N–H and O–H groups in total. The molecule has 0 bridgehead atoms. The number of ether oxygens (including phenoxy) is 1. The summed E-state index contributed by atoms with van der Waals surface area (Å²) < 4.78 is 7.62. The Labute approximate surface area is 239 Å². The molecule has 0 atom stereocenters. The molecule has 1 fully saturated rings. The van der Waals surface area contributed by atoms with Crippen molar-refractivity contribution in [1.29, 1.82) is 5.41 Å². The third kappa shape index (κ3) is 7.94. The first-order chi connectivity index (χ1) is 20.0. The lowest BCUT2D eigenvalue weighted by Gasteiger charge is -2.26. The molecule has 0 saturated carbocycles. The van der Waals surface area contributed by atoms with Crippen LogP contribution in [0.3, 0.4) is 0 Å². The molecule has 11 nitrogen and oxygen atoms in total. The van der Waals surface area contributed by atoms with E-state index in [4.69, 9.17) is 15.9 Å². The SMILES string of the molecule is N=C(N)NCCCNCc1ccc(-n2cc3cc(-c4cccc(OCCCN5CCNCC5)c4)[nH]c3nc2=O)cc1. The lowest BCUT2D eigenvalue weighted by Crippen LogP contribution is -2.43. The summed E-state index contributed by atoms with van der Waals surface area (Å²) in [5.41, 5.74) is 9.25. The van der Waals surface area contributed by atoms with Crippen molar-refractivity contribution < 1.29 is 4.74 Å². The zero-order chi connectivity index (χ0) is 28.4. The predicted molar refractivity (Wildman–Crippen MR) is 163 cm³/mol. The van der Waals surface area contributed by atoms with Crippen LogP contribution in [0.4, 0.5) is 0 Å². The molecule has 0 amide bonds. The maximum absolute atomic E-state index is 12.9. The fraction of sp³-hybridized carbons (Fsp3) is 0.367. The van der Waals surface area contributed by atoms with Crippen LogP contribution in [0.5, 0.6) is 5.75 Å². The monoisotopic (exact) mass is 557 g/mol. The lowest BCUT2D eigenvalue weighted by molar-refractivity contribution is 0.214. The zero-order valence-corrected chi connectivity index (χ0v) is 23.3. The van der Waals surface area contributed by atoms with Gasteiger partial charge in [0.15, 0.2) is 5.96 Å². The van der Waals surface area contributed by atoms with Gasteiger partial charge in [-0.1, -0.05) is 24.3 Å². The molecule has 11 heteroatoms. The highest BCUT2D eigenvalue weighted by Crippen LogP contribution is 2.26. The second-order valence-corrected chi connectivity index (χ2v) is 10.2. The number of nitrogens with two attached hydrogens (primary N) is 1. The van der Waals surface area contributed by atoms with Crippen LogP contribution in [-0.4, -0.2) is 77.8 Å². The number of aromatic nitrogens is 3. The minimum absolute atomic E-state index is 0.00847. The third-order valence-corrected chi connectivity index (χ3v) is 7.14. The Morgan fingerprint density at radius 1 is 1.07 bits per heavy atom. The van der Waals surface area contributed by atoms with E-state index in [1.54, 1.807) is 4.57 Å². The molecule has 1 saturated heterocycles.